The third-order valence-electron chi connectivity index (χ3n) is 5.70. The van der Waals surface area contributed by atoms with Crippen molar-refractivity contribution in [1.29, 1.82) is 0 Å². The minimum Gasteiger partial charge on any atom is -0.481 e. The number of carbonyl (C=O) groups is 1. The Labute approximate surface area is 207 Å². The van der Waals surface area contributed by atoms with E-state index in [1.54, 1.807) is 12.4 Å². The molecular formula is C26H27BrN4O3. The van der Waals surface area contributed by atoms with Crippen molar-refractivity contribution in [3.63, 3.8) is 0 Å². The minimum atomic E-state index is -0.775. The van der Waals surface area contributed by atoms with Gasteiger partial charge in [0.25, 0.3) is 0 Å². The van der Waals surface area contributed by atoms with Crippen LogP contribution in [0.15, 0.2) is 59.5 Å². The average Bonchev–Trinajstić information content (AvgIpc) is 3.24. The quantitative estimate of drug-likeness (QED) is 0.256. The number of aromatic nitrogens is 4. The van der Waals surface area contributed by atoms with Crippen molar-refractivity contribution in [3.8, 4) is 11.1 Å². The second-order valence-electron chi connectivity index (χ2n) is 8.08. The summed E-state index contributed by atoms with van der Waals surface area (Å²) in [4.78, 5) is 19.8. The summed E-state index contributed by atoms with van der Waals surface area (Å²) in [5, 5.41) is 14.1. The predicted molar refractivity (Wildman–Crippen MR) is 133 cm³/mol. The van der Waals surface area contributed by atoms with Crippen molar-refractivity contribution in [2.24, 2.45) is 0 Å². The molecular weight excluding hydrogens is 496 g/mol. The molecule has 4 rings (SSSR count). The molecule has 0 saturated heterocycles. The van der Waals surface area contributed by atoms with E-state index in [0.29, 0.717) is 26.1 Å². The molecule has 4 heterocycles. The number of ether oxygens (including phenoxy) is 1. The first kappa shape index (κ1) is 24.0. The van der Waals surface area contributed by atoms with E-state index < -0.39 is 5.97 Å². The molecule has 4 aromatic heterocycles. The summed E-state index contributed by atoms with van der Waals surface area (Å²) in [5.41, 5.74) is 6.95. The van der Waals surface area contributed by atoms with E-state index in [0.717, 1.165) is 56.6 Å². The van der Waals surface area contributed by atoms with Crippen molar-refractivity contribution in [2.45, 2.75) is 52.2 Å². The fraction of sp³-hybridized carbons (Fsp3) is 0.308. The normalized spacial score (nSPS) is 11.2. The monoisotopic (exact) mass is 522 g/mol. The van der Waals surface area contributed by atoms with Crippen LogP contribution in [0.1, 0.15) is 48.8 Å². The summed E-state index contributed by atoms with van der Waals surface area (Å²) in [6.45, 7) is 2.83. The Balaban J connectivity index is 1.76. The Bertz CT molecular complexity index is 1270. The average molecular weight is 523 g/mol. The largest absolute Gasteiger partial charge is 0.481 e. The lowest BCUT2D eigenvalue weighted by Gasteiger charge is -2.18. The van der Waals surface area contributed by atoms with Gasteiger partial charge in [0.15, 0.2) is 0 Å². The predicted octanol–water partition coefficient (Wildman–Crippen LogP) is 5.63. The van der Waals surface area contributed by atoms with E-state index in [9.17, 15) is 4.79 Å². The van der Waals surface area contributed by atoms with Gasteiger partial charge in [0, 0.05) is 46.3 Å². The molecule has 34 heavy (non-hydrogen) atoms. The first-order chi connectivity index (χ1) is 16.6. The maximum Gasteiger partial charge on any atom is 0.303 e. The van der Waals surface area contributed by atoms with Gasteiger partial charge in [-0.05, 0) is 77.5 Å². The summed E-state index contributed by atoms with van der Waals surface area (Å²) >= 11 is 3.55. The summed E-state index contributed by atoms with van der Waals surface area (Å²) in [5.74, 6) is -0.775. The number of hydrogen-bond acceptors (Lipinski definition) is 5. The molecule has 0 aliphatic heterocycles. The summed E-state index contributed by atoms with van der Waals surface area (Å²) in [7, 11) is 0. The smallest absolute Gasteiger partial charge is 0.303 e. The maximum absolute atomic E-state index is 11.0. The Morgan fingerprint density at radius 2 is 2.03 bits per heavy atom. The van der Waals surface area contributed by atoms with Crippen LogP contribution in [0, 0.1) is 0 Å². The van der Waals surface area contributed by atoms with Crippen molar-refractivity contribution >= 4 is 27.4 Å². The molecule has 0 atom stereocenters. The van der Waals surface area contributed by atoms with Gasteiger partial charge in [-0.2, -0.15) is 5.10 Å². The Morgan fingerprint density at radius 1 is 1.15 bits per heavy atom. The van der Waals surface area contributed by atoms with Gasteiger partial charge >= 0.3 is 5.97 Å². The zero-order valence-electron chi connectivity index (χ0n) is 19.1. The van der Waals surface area contributed by atoms with Crippen molar-refractivity contribution in [1.82, 2.24) is 19.6 Å². The molecule has 4 aromatic rings. The lowest BCUT2D eigenvalue weighted by atomic mass is 9.95. The highest BCUT2D eigenvalue weighted by Crippen LogP contribution is 2.34. The molecule has 0 saturated carbocycles. The standard InChI is InChI=1S/C26H27BrN4O3/c1-2-21-10-11-24-26(18-13-19(27)15-28-14-18)22(8-3-4-9-25(32)33)23(30-31(21)24)17-34-16-20-7-5-6-12-29-20/h5-7,10-15H,2-4,8-9,16-17H2,1H3,(H,32,33). The first-order valence-electron chi connectivity index (χ1n) is 11.4. The highest BCUT2D eigenvalue weighted by molar-refractivity contribution is 9.10. The van der Waals surface area contributed by atoms with E-state index in [1.165, 1.54) is 0 Å². The van der Waals surface area contributed by atoms with Crippen LogP contribution >= 0.6 is 15.9 Å². The number of pyridine rings is 2. The molecule has 0 aliphatic rings. The molecule has 0 amide bonds. The van der Waals surface area contributed by atoms with Crippen LogP contribution in [0.3, 0.4) is 0 Å². The van der Waals surface area contributed by atoms with Crippen molar-refractivity contribution in [3.05, 3.63) is 82.1 Å². The van der Waals surface area contributed by atoms with Crippen LogP contribution in [0.25, 0.3) is 16.6 Å². The van der Waals surface area contributed by atoms with Crippen LogP contribution in [-0.2, 0) is 35.6 Å². The summed E-state index contributed by atoms with van der Waals surface area (Å²) < 4.78 is 8.94. The number of rotatable bonds is 11. The van der Waals surface area contributed by atoms with Gasteiger partial charge in [0.2, 0.25) is 0 Å². The molecule has 0 radical (unpaired) electrons. The van der Waals surface area contributed by atoms with Crippen molar-refractivity contribution < 1.29 is 14.6 Å². The zero-order valence-corrected chi connectivity index (χ0v) is 20.7. The van der Waals surface area contributed by atoms with Crippen LogP contribution in [0.4, 0.5) is 0 Å². The highest BCUT2D eigenvalue weighted by Gasteiger charge is 2.19. The maximum atomic E-state index is 11.0. The van der Waals surface area contributed by atoms with Gasteiger partial charge in [0.05, 0.1) is 30.1 Å². The lowest BCUT2D eigenvalue weighted by molar-refractivity contribution is -0.137. The molecule has 0 fully saturated rings. The molecule has 0 aromatic carbocycles. The second kappa shape index (κ2) is 11.4. The number of nitrogens with zero attached hydrogens (tertiary/aromatic N) is 4. The van der Waals surface area contributed by atoms with Crippen molar-refractivity contribution in [2.75, 3.05) is 0 Å². The number of aliphatic carboxylic acids is 1. The minimum absolute atomic E-state index is 0.153. The Kier molecular flexibility index (Phi) is 8.03. The van der Waals surface area contributed by atoms with Gasteiger partial charge < -0.3 is 9.84 Å². The summed E-state index contributed by atoms with van der Waals surface area (Å²) in [6.07, 6.45) is 8.43. The van der Waals surface area contributed by atoms with Gasteiger partial charge in [-0.3, -0.25) is 14.8 Å². The first-order valence-corrected chi connectivity index (χ1v) is 12.2. The highest BCUT2D eigenvalue weighted by atomic mass is 79.9. The lowest BCUT2D eigenvalue weighted by Crippen LogP contribution is -2.11. The number of unbranched alkanes of at least 4 members (excludes halogenated alkanes) is 1. The van der Waals surface area contributed by atoms with Crippen LogP contribution in [-0.4, -0.2) is 30.7 Å². The third-order valence-corrected chi connectivity index (χ3v) is 6.13. The number of halogens is 1. The fourth-order valence-electron chi connectivity index (χ4n) is 4.10. The van der Waals surface area contributed by atoms with Gasteiger partial charge in [0.1, 0.15) is 0 Å². The molecule has 0 aliphatic carbocycles. The third kappa shape index (κ3) is 5.69. The molecule has 0 spiro atoms. The Hall–Kier alpha value is -3.10. The number of fused-ring (bicyclic) bond motifs is 1. The number of carboxylic acids is 1. The summed E-state index contributed by atoms with van der Waals surface area (Å²) in [6, 6.07) is 12.0. The van der Waals surface area contributed by atoms with Gasteiger partial charge in [-0.15, -0.1) is 0 Å². The molecule has 8 heteroatoms. The fourth-order valence-corrected chi connectivity index (χ4v) is 4.46. The number of carboxylic acid groups (broad SMARTS) is 1. The molecule has 176 valence electrons. The molecule has 1 N–H and O–H groups in total. The second-order valence-corrected chi connectivity index (χ2v) is 9.00. The van der Waals surface area contributed by atoms with Gasteiger partial charge in [-0.25, -0.2) is 4.52 Å². The molecule has 7 nitrogen and oxygen atoms in total. The van der Waals surface area contributed by atoms with E-state index in [-0.39, 0.29) is 6.42 Å². The number of hydrogen-bond donors (Lipinski definition) is 1. The van der Waals surface area contributed by atoms with E-state index in [1.807, 2.05) is 28.9 Å². The zero-order chi connectivity index (χ0) is 23.9. The van der Waals surface area contributed by atoms with E-state index in [4.69, 9.17) is 14.9 Å². The molecule has 0 bridgehead atoms. The van der Waals surface area contributed by atoms with Crippen LogP contribution < -0.4 is 0 Å². The topological polar surface area (TPSA) is 89.6 Å². The van der Waals surface area contributed by atoms with E-state index >= 15 is 0 Å². The number of aryl methyl sites for hydroxylation is 1. The van der Waals surface area contributed by atoms with E-state index in [2.05, 4.69) is 51.0 Å². The van der Waals surface area contributed by atoms with Crippen LogP contribution in [0.5, 0.6) is 0 Å². The molecule has 0 unspecified atom stereocenters. The Morgan fingerprint density at radius 3 is 2.76 bits per heavy atom. The van der Waals surface area contributed by atoms with Crippen LogP contribution in [0.2, 0.25) is 0 Å². The SMILES string of the molecule is CCc1ccc2c(-c3cncc(Br)c3)c(CCCCC(=O)O)c(COCc3ccccn3)nn12. The van der Waals surface area contributed by atoms with Gasteiger partial charge in [-0.1, -0.05) is 13.0 Å².